The number of carbonyl (C=O) groups excluding carboxylic acids is 1. The minimum atomic E-state index is -3.22. The predicted molar refractivity (Wildman–Crippen MR) is 130 cm³/mol. The third-order valence-electron chi connectivity index (χ3n) is 4.32. The normalized spacial score (nSPS) is 10.7. The standard InChI is InChI=1S/C11H11NO2.C10H11NO.Cl3OP/c1-7-10(6-13)9-5-8(14-2)3-4-11(9)12-7;1-7-5-8-6-9(12-2)3-4-10(8)11-7;1-5(2,3)4/h3-6,12H,1-2H3;3-6,11H,1-2H3;. The summed E-state index contributed by atoms with van der Waals surface area (Å²) in [6.45, 7) is 3.93. The maximum Gasteiger partial charge on any atom is 0.339 e. The van der Waals surface area contributed by atoms with Gasteiger partial charge in [-0.1, -0.05) is 0 Å². The van der Waals surface area contributed by atoms with Crippen molar-refractivity contribution >= 4 is 67.0 Å². The van der Waals surface area contributed by atoms with E-state index in [2.05, 4.69) is 49.8 Å². The molecule has 0 bridgehead atoms. The number of rotatable bonds is 3. The number of halogens is 3. The highest BCUT2D eigenvalue weighted by atomic mass is 36.0. The van der Waals surface area contributed by atoms with Gasteiger partial charge in [0.15, 0.2) is 6.29 Å². The molecular weight excluding hydrogens is 482 g/mol. The van der Waals surface area contributed by atoms with Gasteiger partial charge in [-0.25, -0.2) is 0 Å². The number of fused-ring (bicyclic) bond motifs is 2. The monoisotopic (exact) mass is 502 g/mol. The maximum absolute atomic E-state index is 10.8. The molecule has 31 heavy (non-hydrogen) atoms. The van der Waals surface area contributed by atoms with Crippen LogP contribution in [0.2, 0.25) is 0 Å². The number of aryl methyl sites for hydroxylation is 2. The summed E-state index contributed by atoms with van der Waals surface area (Å²) in [7, 11) is 3.29. The highest BCUT2D eigenvalue weighted by molar-refractivity contribution is 8.24. The lowest BCUT2D eigenvalue weighted by Gasteiger charge is -1.98. The van der Waals surface area contributed by atoms with Gasteiger partial charge in [0.1, 0.15) is 11.5 Å². The first-order chi connectivity index (χ1) is 14.5. The Morgan fingerprint density at radius 2 is 1.42 bits per heavy atom. The van der Waals surface area contributed by atoms with E-state index in [0.717, 1.165) is 39.9 Å². The molecule has 0 unspecified atom stereocenters. The molecule has 0 aliphatic heterocycles. The van der Waals surface area contributed by atoms with Crippen molar-refractivity contribution in [1.29, 1.82) is 0 Å². The van der Waals surface area contributed by atoms with Crippen molar-refractivity contribution in [2.45, 2.75) is 13.8 Å². The molecule has 0 atom stereocenters. The number of methoxy groups -OCH3 is 2. The Hall–Kier alpha value is -2.11. The van der Waals surface area contributed by atoms with Gasteiger partial charge in [0.2, 0.25) is 0 Å². The summed E-state index contributed by atoms with van der Waals surface area (Å²) in [6.07, 6.45) is 0.869. The fourth-order valence-electron chi connectivity index (χ4n) is 2.99. The number of aldehydes is 1. The van der Waals surface area contributed by atoms with Gasteiger partial charge >= 0.3 is 5.20 Å². The first-order valence-corrected chi connectivity index (χ1v) is 13.4. The number of aromatic amines is 2. The van der Waals surface area contributed by atoms with Crippen molar-refractivity contribution in [3.05, 3.63) is 59.4 Å². The summed E-state index contributed by atoms with van der Waals surface area (Å²) in [5, 5.41) is -1.11. The fraction of sp³-hybridized carbons (Fsp3) is 0.190. The molecule has 2 N–H and O–H groups in total. The van der Waals surface area contributed by atoms with Crippen molar-refractivity contribution in [3.8, 4) is 11.5 Å². The second-order valence-electron chi connectivity index (χ2n) is 6.50. The number of aromatic nitrogens is 2. The summed E-state index contributed by atoms with van der Waals surface area (Å²) in [5.41, 5.74) is 4.90. The first kappa shape index (κ1) is 25.2. The molecule has 2 aromatic heterocycles. The largest absolute Gasteiger partial charge is 0.497 e. The average molecular weight is 504 g/mol. The van der Waals surface area contributed by atoms with Crippen LogP contribution in [0.4, 0.5) is 0 Å². The molecule has 0 saturated carbocycles. The van der Waals surface area contributed by atoms with Crippen LogP contribution in [0.3, 0.4) is 0 Å². The van der Waals surface area contributed by atoms with Crippen molar-refractivity contribution < 1.29 is 18.8 Å². The molecule has 2 heterocycles. The lowest BCUT2D eigenvalue weighted by atomic mass is 10.1. The van der Waals surface area contributed by atoms with Crippen LogP contribution in [0.25, 0.3) is 21.8 Å². The van der Waals surface area contributed by atoms with Crippen molar-refractivity contribution in [2.75, 3.05) is 14.2 Å². The second-order valence-corrected chi connectivity index (χ2v) is 13.1. The third kappa shape index (κ3) is 7.51. The highest BCUT2D eigenvalue weighted by Gasteiger charge is 2.07. The minimum absolute atomic E-state index is 0.707. The van der Waals surface area contributed by atoms with Crippen LogP contribution < -0.4 is 9.47 Å². The quantitative estimate of drug-likeness (QED) is 0.223. The fourth-order valence-corrected chi connectivity index (χ4v) is 2.99. The smallest absolute Gasteiger partial charge is 0.339 e. The van der Waals surface area contributed by atoms with Gasteiger partial charge in [0, 0.05) is 38.8 Å². The van der Waals surface area contributed by atoms with E-state index >= 15 is 0 Å². The van der Waals surface area contributed by atoms with Gasteiger partial charge in [-0.15, -0.1) is 0 Å². The van der Waals surface area contributed by atoms with Gasteiger partial charge in [-0.05, 0) is 90.0 Å². The Balaban J connectivity index is 0.000000184. The first-order valence-electron chi connectivity index (χ1n) is 8.99. The van der Waals surface area contributed by atoms with Crippen molar-refractivity contribution in [1.82, 2.24) is 9.97 Å². The van der Waals surface area contributed by atoms with Gasteiger partial charge in [-0.2, -0.15) is 0 Å². The maximum atomic E-state index is 10.8. The Kier molecular flexibility index (Phi) is 8.90. The molecule has 0 amide bonds. The number of H-pyrrole nitrogens is 2. The van der Waals surface area contributed by atoms with E-state index < -0.39 is 5.20 Å². The summed E-state index contributed by atoms with van der Waals surface area (Å²) in [4.78, 5) is 17.2. The van der Waals surface area contributed by atoms with E-state index in [1.165, 1.54) is 11.1 Å². The SMILES string of the molecule is COc1ccc2[nH]c(C)c(C=O)c2c1.COc1ccc2[nH]c(C)cc2c1.O=P(Cl)(Cl)Cl. The Morgan fingerprint density at radius 3 is 1.97 bits per heavy atom. The molecule has 0 spiro atoms. The van der Waals surface area contributed by atoms with Gasteiger partial charge in [0.05, 0.1) is 14.2 Å². The molecule has 0 radical (unpaired) electrons. The molecule has 4 aromatic rings. The third-order valence-corrected chi connectivity index (χ3v) is 4.32. The summed E-state index contributed by atoms with van der Waals surface area (Å²) in [5.74, 6) is 1.67. The van der Waals surface area contributed by atoms with E-state index in [1.54, 1.807) is 14.2 Å². The van der Waals surface area contributed by atoms with E-state index in [-0.39, 0.29) is 0 Å². The Labute approximate surface area is 194 Å². The zero-order valence-electron chi connectivity index (χ0n) is 17.3. The average Bonchev–Trinajstić information content (AvgIpc) is 3.23. The van der Waals surface area contributed by atoms with E-state index in [4.69, 9.17) is 9.47 Å². The van der Waals surface area contributed by atoms with Crippen molar-refractivity contribution in [2.24, 2.45) is 0 Å². The Bertz CT molecular complexity index is 1220. The molecule has 10 heteroatoms. The Morgan fingerprint density at radius 1 is 0.871 bits per heavy atom. The van der Waals surface area contributed by atoms with Crippen LogP contribution in [0, 0.1) is 13.8 Å². The van der Waals surface area contributed by atoms with Crippen LogP contribution in [-0.2, 0) is 4.57 Å². The van der Waals surface area contributed by atoms with Crippen LogP contribution >= 0.6 is 38.9 Å². The number of benzene rings is 2. The summed E-state index contributed by atoms with van der Waals surface area (Å²) < 4.78 is 19.7. The van der Waals surface area contributed by atoms with Gasteiger partial charge < -0.3 is 19.4 Å². The number of hydrogen-bond acceptors (Lipinski definition) is 4. The summed E-state index contributed by atoms with van der Waals surface area (Å²) >= 11 is 13.8. The molecule has 0 aliphatic rings. The van der Waals surface area contributed by atoms with Crippen LogP contribution in [0.15, 0.2) is 42.5 Å². The van der Waals surface area contributed by atoms with E-state index in [9.17, 15) is 9.36 Å². The molecule has 0 aliphatic carbocycles. The van der Waals surface area contributed by atoms with Crippen LogP contribution in [0.1, 0.15) is 21.7 Å². The minimum Gasteiger partial charge on any atom is -0.497 e. The number of ether oxygens (including phenoxy) is 2. The topological polar surface area (TPSA) is 84.2 Å². The number of nitrogens with one attached hydrogen (secondary N) is 2. The predicted octanol–water partition coefficient (Wildman–Crippen LogP) is 7.59. The number of carbonyl (C=O) groups is 1. The number of hydrogen-bond donors (Lipinski definition) is 2. The van der Waals surface area contributed by atoms with E-state index in [0.29, 0.717) is 5.56 Å². The molecule has 166 valence electrons. The van der Waals surface area contributed by atoms with Gasteiger partial charge in [-0.3, -0.25) is 9.36 Å². The zero-order chi connectivity index (χ0) is 23.2. The summed E-state index contributed by atoms with van der Waals surface area (Å²) in [6, 6.07) is 13.8. The molecule has 4 rings (SSSR count). The lowest BCUT2D eigenvalue weighted by molar-refractivity contribution is 0.112. The van der Waals surface area contributed by atoms with Gasteiger partial charge in [0.25, 0.3) is 0 Å². The van der Waals surface area contributed by atoms with Crippen LogP contribution in [-0.4, -0.2) is 30.5 Å². The van der Waals surface area contributed by atoms with Crippen molar-refractivity contribution in [3.63, 3.8) is 0 Å². The molecular formula is C21H22Cl3N2O4P. The highest BCUT2D eigenvalue weighted by Crippen LogP contribution is 2.61. The van der Waals surface area contributed by atoms with E-state index in [1.807, 2.05) is 50.2 Å². The lowest BCUT2D eigenvalue weighted by Crippen LogP contribution is -1.83. The second kappa shape index (κ2) is 11.0. The zero-order valence-corrected chi connectivity index (χ0v) is 20.5. The molecule has 0 fully saturated rings. The molecule has 0 saturated heterocycles. The molecule has 6 nitrogen and oxygen atoms in total. The molecule has 2 aromatic carbocycles. The van der Waals surface area contributed by atoms with Crippen LogP contribution in [0.5, 0.6) is 11.5 Å².